The van der Waals surface area contributed by atoms with Gasteiger partial charge < -0.3 is 15.4 Å². The monoisotopic (exact) mass is 401 g/mol. The van der Waals surface area contributed by atoms with Crippen molar-refractivity contribution in [3.05, 3.63) is 66.7 Å². The highest BCUT2D eigenvalue weighted by Gasteiger charge is 2.15. The molecule has 0 spiro atoms. The topological polar surface area (TPSA) is 98.1 Å². The minimum atomic E-state index is -2.92. The molecule has 1 heterocycles. The number of carbonyl (C=O) groups is 2. The summed E-state index contributed by atoms with van der Waals surface area (Å²) in [7, 11) is 0. The van der Waals surface area contributed by atoms with Crippen LogP contribution in [0.4, 0.5) is 20.2 Å². The van der Waals surface area contributed by atoms with Crippen molar-refractivity contribution in [3.63, 3.8) is 0 Å². The van der Waals surface area contributed by atoms with Gasteiger partial charge in [-0.1, -0.05) is 0 Å². The minimum Gasteiger partial charge on any atom is -0.435 e. The lowest BCUT2D eigenvalue weighted by Crippen LogP contribution is -2.24. The van der Waals surface area contributed by atoms with Gasteiger partial charge in [0.15, 0.2) is 0 Å². The fourth-order valence-corrected chi connectivity index (χ4v) is 2.41. The number of rotatable bonds is 7. The number of nitrogens with one attached hydrogen (secondary N) is 2. The molecular weight excluding hydrogens is 384 g/mol. The van der Waals surface area contributed by atoms with Crippen molar-refractivity contribution >= 4 is 23.2 Å². The van der Waals surface area contributed by atoms with E-state index in [1.54, 1.807) is 31.2 Å². The minimum absolute atomic E-state index is 0.0308. The zero-order valence-corrected chi connectivity index (χ0v) is 15.3. The highest BCUT2D eigenvalue weighted by atomic mass is 19.3. The van der Waals surface area contributed by atoms with Gasteiger partial charge in [0.2, 0.25) is 5.91 Å². The van der Waals surface area contributed by atoms with Crippen LogP contribution >= 0.6 is 0 Å². The number of anilines is 2. The van der Waals surface area contributed by atoms with Crippen LogP contribution in [0.25, 0.3) is 0 Å². The molecule has 0 aliphatic carbocycles. The van der Waals surface area contributed by atoms with Gasteiger partial charge in [-0.25, -0.2) is 9.67 Å². The Morgan fingerprint density at radius 2 is 1.62 bits per heavy atom. The first kappa shape index (κ1) is 19.9. The Hall–Kier alpha value is -3.82. The van der Waals surface area contributed by atoms with Crippen LogP contribution in [0.15, 0.2) is 61.2 Å². The first-order chi connectivity index (χ1) is 13.9. The SMILES string of the molecule is CC(C(=O)Nc1ccc(NC(=O)c2ccc(OC(F)F)cc2)cc1)n1cncn1. The molecular formula is C19H17F2N5O3. The maximum atomic E-state index is 12.2. The summed E-state index contributed by atoms with van der Waals surface area (Å²) in [6, 6.07) is 11.3. The molecule has 0 bridgehead atoms. The van der Waals surface area contributed by atoms with Crippen LogP contribution in [0.2, 0.25) is 0 Å². The summed E-state index contributed by atoms with van der Waals surface area (Å²) >= 11 is 0. The van der Waals surface area contributed by atoms with Crippen molar-refractivity contribution in [2.24, 2.45) is 0 Å². The number of amides is 2. The quantitative estimate of drug-likeness (QED) is 0.633. The highest BCUT2D eigenvalue weighted by molar-refractivity contribution is 6.04. The van der Waals surface area contributed by atoms with Crippen molar-refractivity contribution in [1.82, 2.24) is 14.8 Å². The average Bonchev–Trinajstić information content (AvgIpc) is 3.23. The molecule has 0 radical (unpaired) electrons. The molecule has 2 aromatic carbocycles. The number of ether oxygens (including phenoxy) is 1. The maximum absolute atomic E-state index is 12.2. The van der Waals surface area contributed by atoms with E-state index in [1.807, 2.05) is 0 Å². The van der Waals surface area contributed by atoms with Crippen LogP contribution in [-0.4, -0.2) is 33.2 Å². The zero-order valence-electron chi connectivity index (χ0n) is 15.3. The number of carbonyl (C=O) groups excluding carboxylic acids is 2. The molecule has 29 heavy (non-hydrogen) atoms. The largest absolute Gasteiger partial charge is 0.435 e. The van der Waals surface area contributed by atoms with Crippen molar-refractivity contribution in [2.45, 2.75) is 19.6 Å². The number of aromatic nitrogens is 3. The van der Waals surface area contributed by atoms with Gasteiger partial charge >= 0.3 is 6.61 Å². The van der Waals surface area contributed by atoms with E-state index in [1.165, 1.54) is 41.6 Å². The fourth-order valence-electron chi connectivity index (χ4n) is 2.41. The Kier molecular flexibility index (Phi) is 6.12. The van der Waals surface area contributed by atoms with Gasteiger partial charge in [-0.3, -0.25) is 9.59 Å². The van der Waals surface area contributed by atoms with E-state index in [0.29, 0.717) is 11.4 Å². The van der Waals surface area contributed by atoms with Crippen LogP contribution in [0.5, 0.6) is 5.75 Å². The lowest BCUT2D eigenvalue weighted by molar-refractivity contribution is -0.119. The number of hydrogen-bond acceptors (Lipinski definition) is 5. The molecule has 10 heteroatoms. The lowest BCUT2D eigenvalue weighted by atomic mass is 10.2. The molecule has 3 aromatic rings. The Bertz CT molecular complexity index is 961. The van der Waals surface area contributed by atoms with Gasteiger partial charge in [-0.15, -0.1) is 0 Å². The van der Waals surface area contributed by atoms with E-state index >= 15 is 0 Å². The van der Waals surface area contributed by atoms with Crippen LogP contribution in [0, 0.1) is 0 Å². The third-order valence-electron chi connectivity index (χ3n) is 3.96. The van der Waals surface area contributed by atoms with Crippen molar-refractivity contribution < 1.29 is 23.1 Å². The van der Waals surface area contributed by atoms with Crippen molar-refractivity contribution in [1.29, 1.82) is 0 Å². The first-order valence-corrected chi connectivity index (χ1v) is 8.53. The normalized spacial score (nSPS) is 11.7. The predicted octanol–water partition coefficient (Wildman–Crippen LogP) is 3.33. The van der Waals surface area contributed by atoms with Crippen molar-refractivity contribution in [3.8, 4) is 5.75 Å². The molecule has 0 aliphatic heterocycles. The van der Waals surface area contributed by atoms with Crippen LogP contribution in [0.1, 0.15) is 23.3 Å². The van der Waals surface area contributed by atoms with Crippen LogP contribution in [0.3, 0.4) is 0 Å². The Labute approximate surface area is 164 Å². The van der Waals surface area contributed by atoms with Gasteiger partial charge in [0, 0.05) is 16.9 Å². The molecule has 1 unspecified atom stereocenters. The summed E-state index contributed by atoms with van der Waals surface area (Å²) in [5, 5.41) is 9.36. The second-order valence-corrected chi connectivity index (χ2v) is 5.98. The van der Waals surface area contributed by atoms with Gasteiger partial charge in [0.05, 0.1) is 0 Å². The summed E-state index contributed by atoms with van der Waals surface area (Å²) in [4.78, 5) is 28.3. The van der Waals surface area contributed by atoms with E-state index < -0.39 is 18.6 Å². The van der Waals surface area contributed by atoms with E-state index in [4.69, 9.17) is 0 Å². The molecule has 150 valence electrons. The predicted molar refractivity (Wildman–Crippen MR) is 101 cm³/mol. The molecule has 2 amide bonds. The third-order valence-corrected chi connectivity index (χ3v) is 3.96. The second kappa shape index (κ2) is 8.91. The summed E-state index contributed by atoms with van der Waals surface area (Å²) < 4.78 is 30.0. The van der Waals surface area contributed by atoms with Gasteiger partial charge in [0.25, 0.3) is 5.91 Å². The fraction of sp³-hybridized carbons (Fsp3) is 0.158. The number of halogens is 2. The summed E-state index contributed by atoms with van der Waals surface area (Å²) in [5.41, 5.74) is 1.34. The molecule has 2 N–H and O–H groups in total. The second-order valence-electron chi connectivity index (χ2n) is 5.98. The Morgan fingerprint density at radius 3 is 2.17 bits per heavy atom. The first-order valence-electron chi connectivity index (χ1n) is 8.53. The van der Waals surface area contributed by atoms with Crippen LogP contribution in [-0.2, 0) is 4.79 Å². The third kappa shape index (κ3) is 5.34. The molecule has 8 nitrogen and oxygen atoms in total. The number of hydrogen-bond donors (Lipinski definition) is 2. The van der Waals surface area contributed by atoms with E-state index in [0.717, 1.165) is 0 Å². The van der Waals surface area contributed by atoms with Gasteiger partial charge in [0.1, 0.15) is 24.4 Å². The molecule has 0 saturated heterocycles. The maximum Gasteiger partial charge on any atom is 0.387 e. The van der Waals surface area contributed by atoms with Gasteiger partial charge in [-0.2, -0.15) is 13.9 Å². The molecule has 0 saturated carbocycles. The van der Waals surface area contributed by atoms with E-state index in [9.17, 15) is 18.4 Å². The Balaban J connectivity index is 1.57. The molecule has 1 aromatic heterocycles. The summed E-state index contributed by atoms with van der Waals surface area (Å²) in [5.74, 6) is -0.708. The molecule has 3 rings (SSSR count). The highest BCUT2D eigenvalue weighted by Crippen LogP contribution is 2.18. The van der Waals surface area contributed by atoms with E-state index in [2.05, 4.69) is 25.5 Å². The average molecular weight is 401 g/mol. The molecule has 1 atom stereocenters. The molecule has 0 aliphatic rings. The Morgan fingerprint density at radius 1 is 1.00 bits per heavy atom. The summed E-state index contributed by atoms with van der Waals surface area (Å²) in [6.07, 6.45) is 2.80. The van der Waals surface area contributed by atoms with E-state index in [-0.39, 0.29) is 17.2 Å². The molecule has 0 fully saturated rings. The lowest BCUT2D eigenvalue weighted by Gasteiger charge is -2.12. The zero-order chi connectivity index (χ0) is 20.8. The number of benzene rings is 2. The number of nitrogens with zero attached hydrogens (tertiary/aromatic N) is 3. The number of alkyl halides is 2. The standard InChI is InChI=1S/C19H17F2N5O3/c1-12(26-11-22-10-23-26)17(27)24-14-4-6-15(7-5-14)25-18(28)13-2-8-16(9-3-13)29-19(20)21/h2-12,19H,1H3,(H,24,27)(H,25,28). The van der Waals surface area contributed by atoms with Gasteiger partial charge in [-0.05, 0) is 55.5 Å². The smallest absolute Gasteiger partial charge is 0.387 e. The van der Waals surface area contributed by atoms with Crippen LogP contribution < -0.4 is 15.4 Å². The summed E-state index contributed by atoms with van der Waals surface area (Å²) in [6.45, 7) is -1.23. The van der Waals surface area contributed by atoms with Crippen molar-refractivity contribution in [2.75, 3.05) is 10.6 Å².